The van der Waals surface area contributed by atoms with Crippen molar-refractivity contribution in [3.63, 3.8) is 0 Å². The molecule has 9 heteroatoms. The molecule has 32 heavy (non-hydrogen) atoms. The lowest BCUT2D eigenvalue weighted by Crippen LogP contribution is -2.24. The summed E-state index contributed by atoms with van der Waals surface area (Å²) in [5, 5.41) is 7.95. The van der Waals surface area contributed by atoms with E-state index in [0.717, 1.165) is 5.56 Å². The van der Waals surface area contributed by atoms with Crippen LogP contribution in [0.1, 0.15) is 17.5 Å². The van der Waals surface area contributed by atoms with Gasteiger partial charge in [0.25, 0.3) is 0 Å². The summed E-state index contributed by atoms with van der Waals surface area (Å²) in [5.74, 6) is -0.586. The number of rotatable bonds is 8. The minimum absolute atomic E-state index is 0.289. The van der Waals surface area contributed by atoms with E-state index in [1.165, 1.54) is 6.21 Å². The van der Waals surface area contributed by atoms with Gasteiger partial charge in [-0.05, 0) is 48.0 Å². The van der Waals surface area contributed by atoms with Crippen LogP contribution in [0, 0.1) is 0 Å². The molecule has 0 aliphatic rings. The molecule has 2 N–H and O–H groups in total. The fraction of sp³-hybridized carbons (Fsp3) is 0.0870. The fourth-order valence-electron chi connectivity index (χ4n) is 2.66. The molecule has 0 aromatic heterocycles. The van der Waals surface area contributed by atoms with E-state index in [1.54, 1.807) is 54.6 Å². The van der Waals surface area contributed by atoms with Gasteiger partial charge in [0.05, 0.1) is 16.9 Å². The molecule has 6 nitrogen and oxygen atoms in total. The average Bonchev–Trinajstić information content (AvgIpc) is 2.75. The van der Waals surface area contributed by atoms with E-state index in [-0.39, 0.29) is 6.61 Å². The van der Waals surface area contributed by atoms with Gasteiger partial charge in [-0.2, -0.15) is 5.10 Å². The van der Waals surface area contributed by atoms with E-state index in [2.05, 4.69) is 15.8 Å². The second-order valence-corrected chi connectivity index (χ2v) is 7.88. The second kappa shape index (κ2) is 11.5. The molecule has 0 bridgehead atoms. The summed E-state index contributed by atoms with van der Waals surface area (Å²) in [4.78, 5) is 24.0. The zero-order chi connectivity index (χ0) is 22.9. The highest BCUT2D eigenvalue weighted by molar-refractivity contribution is 6.33. The van der Waals surface area contributed by atoms with Gasteiger partial charge < -0.3 is 10.1 Å². The number of ether oxygens (including phenoxy) is 1. The lowest BCUT2D eigenvalue weighted by atomic mass is 10.2. The number of para-hydroxylation sites is 1. The number of amides is 2. The predicted octanol–water partition coefficient (Wildman–Crippen LogP) is 5.70. The van der Waals surface area contributed by atoms with E-state index < -0.39 is 18.2 Å². The number of hydrazone groups is 1. The van der Waals surface area contributed by atoms with E-state index in [0.29, 0.717) is 32.1 Å². The molecule has 0 fully saturated rings. The van der Waals surface area contributed by atoms with E-state index in [1.807, 2.05) is 12.1 Å². The molecule has 2 amide bonds. The topological polar surface area (TPSA) is 79.8 Å². The van der Waals surface area contributed by atoms with E-state index in [9.17, 15) is 9.59 Å². The molecule has 0 saturated carbocycles. The van der Waals surface area contributed by atoms with Gasteiger partial charge in [0, 0.05) is 15.6 Å². The second-order valence-electron chi connectivity index (χ2n) is 6.60. The summed E-state index contributed by atoms with van der Waals surface area (Å²) in [7, 11) is 0. The smallest absolute Gasteiger partial charge is 0.249 e. The molecule has 3 rings (SSSR count). The summed E-state index contributed by atoms with van der Waals surface area (Å²) in [5.41, 5.74) is 4.19. The van der Waals surface area contributed by atoms with Crippen LogP contribution < -0.4 is 15.5 Å². The van der Waals surface area contributed by atoms with Crippen LogP contribution in [0.3, 0.4) is 0 Å². The molecule has 0 heterocycles. The largest absolute Gasteiger partial charge is 0.488 e. The number of anilines is 1. The fourth-order valence-corrected chi connectivity index (χ4v) is 3.23. The van der Waals surface area contributed by atoms with Gasteiger partial charge in [-0.3, -0.25) is 9.59 Å². The van der Waals surface area contributed by atoms with Crippen LogP contribution in [0.25, 0.3) is 0 Å². The Labute approximate surface area is 200 Å². The standard InChI is InChI=1S/C23H18Cl3N3O3/c24-17-5-3-4-15(10-17)14-32-21-9-8-18(25)11-16(21)13-27-29-23(31)12-22(30)28-20-7-2-1-6-19(20)26/h1-11,13H,12,14H2,(H,28,30)(H,29,31). The van der Waals surface area contributed by atoms with Gasteiger partial charge in [-0.15, -0.1) is 0 Å². The zero-order valence-electron chi connectivity index (χ0n) is 16.6. The van der Waals surface area contributed by atoms with Crippen LogP contribution >= 0.6 is 34.8 Å². The molecule has 0 atom stereocenters. The van der Waals surface area contributed by atoms with Gasteiger partial charge in [0.2, 0.25) is 11.8 Å². The Balaban J connectivity index is 1.57. The molecular weight excluding hydrogens is 473 g/mol. The highest BCUT2D eigenvalue weighted by atomic mass is 35.5. The molecule has 0 aliphatic carbocycles. The number of nitrogens with one attached hydrogen (secondary N) is 2. The van der Waals surface area contributed by atoms with E-state index in [4.69, 9.17) is 39.5 Å². The number of halogens is 3. The van der Waals surface area contributed by atoms with Crippen LogP contribution in [0.4, 0.5) is 5.69 Å². The van der Waals surface area contributed by atoms with Crippen molar-refractivity contribution in [2.75, 3.05) is 5.32 Å². The quantitative estimate of drug-likeness (QED) is 0.241. The molecule has 3 aromatic rings. The molecule has 0 radical (unpaired) electrons. The first-order valence-electron chi connectivity index (χ1n) is 9.44. The van der Waals surface area contributed by atoms with Gasteiger partial charge in [0.15, 0.2) is 0 Å². The molecule has 164 valence electrons. The molecule has 0 saturated heterocycles. The van der Waals surface area contributed by atoms with Crippen LogP contribution in [0.2, 0.25) is 15.1 Å². The monoisotopic (exact) mass is 489 g/mol. The summed E-state index contributed by atoms with van der Waals surface area (Å²) in [6.07, 6.45) is 0.972. The average molecular weight is 491 g/mol. The maximum atomic E-state index is 12.0. The number of hydrogen-bond acceptors (Lipinski definition) is 4. The molecular formula is C23H18Cl3N3O3. The van der Waals surface area contributed by atoms with Crippen molar-refractivity contribution in [1.29, 1.82) is 0 Å². The summed E-state index contributed by atoms with van der Waals surface area (Å²) in [6.45, 7) is 0.289. The number of hydrogen-bond donors (Lipinski definition) is 2. The van der Waals surface area contributed by atoms with Gasteiger partial charge in [-0.1, -0.05) is 59.1 Å². The van der Waals surface area contributed by atoms with Crippen molar-refractivity contribution in [2.24, 2.45) is 5.10 Å². The van der Waals surface area contributed by atoms with Crippen molar-refractivity contribution in [3.05, 3.63) is 92.9 Å². The molecule has 0 unspecified atom stereocenters. The Hall–Kier alpha value is -3.06. The Morgan fingerprint density at radius 1 is 0.906 bits per heavy atom. The van der Waals surface area contributed by atoms with Crippen LogP contribution in [-0.4, -0.2) is 18.0 Å². The lowest BCUT2D eigenvalue weighted by molar-refractivity contribution is -0.126. The summed E-state index contributed by atoms with van der Waals surface area (Å²) in [6, 6.07) is 19.1. The SMILES string of the molecule is O=C(CC(=O)Nc1ccccc1Cl)NN=Cc1cc(Cl)ccc1OCc1cccc(Cl)c1. The summed E-state index contributed by atoms with van der Waals surface area (Å²) >= 11 is 18.1. The third-order valence-corrected chi connectivity index (χ3v) is 4.92. The van der Waals surface area contributed by atoms with Crippen LogP contribution in [0.5, 0.6) is 5.75 Å². The minimum Gasteiger partial charge on any atom is -0.488 e. The molecule has 0 spiro atoms. The highest BCUT2D eigenvalue weighted by Gasteiger charge is 2.11. The van der Waals surface area contributed by atoms with Crippen molar-refractivity contribution >= 4 is 58.5 Å². The number of nitrogens with zero attached hydrogens (tertiary/aromatic N) is 1. The van der Waals surface area contributed by atoms with Crippen LogP contribution in [0.15, 0.2) is 71.8 Å². The Morgan fingerprint density at radius 3 is 2.47 bits per heavy atom. The highest BCUT2D eigenvalue weighted by Crippen LogP contribution is 2.23. The van der Waals surface area contributed by atoms with Gasteiger partial charge in [0.1, 0.15) is 18.8 Å². The third-order valence-electron chi connectivity index (χ3n) is 4.12. The number of carbonyl (C=O) groups is 2. The Morgan fingerprint density at radius 2 is 1.69 bits per heavy atom. The Bertz CT molecular complexity index is 1150. The molecule has 3 aromatic carbocycles. The first-order valence-corrected chi connectivity index (χ1v) is 10.6. The van der Waals surface area contributed by atoms with Crippen molar-refractivity contribution < 1.29 is 14.3 Å². The normalized spacial score (nSPS) is 10.7. The van der Waals surface area contributed by atoms with Gasteiger partial charge >= 0.3 is 0 Å². The van der Waals surface area contributed by atoms with Gasteiger partial charge in [-0.25, -0.2) is 5.43 Å². The van der Waals surface area contributed by atoms with E-state index >= 15 is 0 Å². The third kappa shape index (κ3) is 7.27. The van der Waals surface area contributed by atoms with Crippen molar-refractivity contribution in [3.8, 4) is 5.75 Å². The van der Waals surface area contributed by atoms with Crippen molar-refractivity contribution in [1.82, 2.24) is 5.43 Å². The zero-order valence-corrected chi connectivity index (χ0v) is 18.9. The van der Waals surface area contributed by atoms with Crippen LogP contribution in [-0.2, 0) is 16.2 Å². The lowest BCUT2D eigenvalue weighted by Gasteiger charge is -2.10. The molecule has 0 aliphatic heterocycles. The minimum atomic E-state index is -0.589. The maximum Gasteiger partial charge on any atom is 0.249 e. The number of benzene rings is 3. The first kappa shape index (κ1) is 23.6. The van der Waals surface area contributed by atoms with Crippen molar-refractivity contribution in [2.45, 2.75) is 13.0 Å². The summed E-state index contributed by atoms with van der Waals surface area (Å²) < 4.78 is 5.84. The predicted molar refractivity (Wildman–Crippen MR) is 128 cm³/mol. The Kier molecular flexibility index (Phi) is 8.50. The first-order chi connectivity index (χ1) is 15.4. The number of carbonyl (C=O) groups excluding carboxylic acids is 2. The maximum absolute atomic E-state index is 12.0.